The number of nitrogens with zero attached hydrogens (tertiary/aromatic N) is 2. The van der Waals surface area contributed by atoms with Gasteiger partial charge in [0.25, 0.3) is 0 Å². The van der Waals surface area contributed by atoms with Crippen LogP contribution in [0.1, 0.15) is 11.3 Å². The van der Waals surface area contributed by atoms with E-state index in [1.807, 2.05) is 0 Å². The minimum atomic E-state index is -4.54. The minimum Gasteiger partial charge on any atom is -0.435 e. The van der Waals surface area contributed by atoms with Gasteiger partial charge in [0.15, 0.2) is 11.4 Å². The van der Waals surface area contributed by atoms with Crippen molar-refractivity contribution in [3.63, 3.8) is 0 Å². The second-order valence-corrected chi connectivity index (χ2v) is 3.76. The summed E-state index contributed by atoms with van der Waals surface area (Å²) in [6.07, 6.45) is -4.54. The van der Waals surface area contributed by atoms with Crippen LogP contribution < -0.4 is 4.74 Å². The van der Waals surface area contributed by atoms with Gasteiger partial charge < -0.3 is 4.74 Å². The molecule has 100 valence electrons. The zero-order chi connectivity index (χ0) is 14.0. The van der Waals surface area contributed by atoms with E-state index in [1.165, 1.54) is 6.07 Å². The predicted molar refractivity (Wildman–Crippen MR) is 60.3 cm³/mol. The quantitative estimate of drug-likeness (QED) is 0.860. The smallest absolute Gasteiger partial charge is 0.416 e. The van der Waals surface area contributed by atoms with Gasteiger partial charge in [-0.15, -0.1) is 10.0 Å². The summed E-state index contributed by atoms with van der Waals surface area (Å²) in [4.78, 5) is 10.6. The molecule has 0 atom stereocenters. The van der Waals surface area contributed by atoms with E-state index in [9.17, 15) is 18.1 Å². The number of aromatic amines is 1. The third-order valence-electron chi connectivity index (χ3n) is 2.28. The average Bonchev–Trinajstić information content (AvgIpc) is 2.74. The molecule has 0 spiro atoms. The Morgan fingerprint density at radius 3 is 2.58 bits per heavy atom. The number of aromatic nitrogens is 2. The zero-order valence-electron chi connectivity index (χ0n) is 9.65. The highest BCUT2D eigenvalue weighted by Gasteiger charge is 2.31. The van der Waals surface area contributed by atoms with Crippen molar-refractivity contribution >= 4 is 5.69 Å². The molecule has 0 saturated carbocycles. The number of halogens is 3. The van der Waals surface area contributed by atoms with Gasteiger partial charge >= 0.3 is 6.18 Å². The van der Waals surface area contributed by atoms with Crippen LogP contribution in [-0.2, 0) is 6.18 Å². The molecule has 2 aromatic rings. The molecule has 19 heavy (non-hydrogen) atoms. The molecular formula is C11H8F3N3O2. The maximum Gasteiger partial charge on any atom is 0.416 e. The lowest BCUT2D eigenvalue weighted by Gasteiger charge is -2.09. The van der Waals surface area contributed by atoms with Gasteiger partial charge in [-0.1, -0.05) is 0 Å². The topological polar surface area (TPSA) is 67.3 Å². The van der Waals surface area contributed by atoms with Gasteiger partial charge in [-0.3, -0.25) is 5.10 Å². The molecule has 0 amide bonds. The van der Waals surface area contributed by atoms with E-state index >= 15 is 0 Å². The number of rotatable bonds is 3. The maximum absolute atomic E-state index is 12.5. The summed E-state index contributed by atoms with van der Waals surface area (Å²) in [5, 5.41) is 8.88. The molecule has 0 aliphatic carbocycles. The molecule has 0 aliphatic heterocycles. The Morgan fingerprint density at radius 1 is 1.32 bits per heavy atom. The Labute approximate surface area is 105 Å². The second kappa shape index (κ2) is 4.71. The van der Waals surface area contributed by atoms with Crippen LogP contribution in [0.4, 0.5) is 18.9 Å². The molecule has 1 heterocycles. The third kappa shape index (κ3) is 2.90. The summed E-state index contributed by atoms with van der Waals surface area (Å²) in [5.74, 6) is 0.0525. The molecule has 0 bridgehead atoms. The third-order valence-corrected chi connectivity index (χ3v) is 2.28. The molecule has 8 heteroatoms. The lowest BCUT2D eigenvalue weighted by Crippen LogP contribution is -2.04. The number of aryl methyl sites for hydroxylation is 1. The highest BCUT2D eigenvalue weighted by atomic mass is 19.4. The Bertz CT molecular complexity index is 607. The van der Waals surface area contributed by atoms with Crippen molar-refractivity contribution in [2.24, 2.45) is 5.18 Å². The van der Waals surface area contributed by atoms with Crippen LogP contribution in [0, 0.1) is 11.8 Å². The summed E-state index contributed by atoms with van der Waals surface area (Å²) in [7, 11) is 0. The van der Waals surface area contributed by atoms with Crippen LogP contribution >= 0.6 is 0 Å². The lowest BCUT2D eigenvalue weighted by atomic mass is 10.2. The Morgan fingerprint density at radius 2 is 2.05 bits per heavy atom. The molecule has 0 saturated heterocycles. The van der Waals surface area contributed by atoms with Gasteiger partial charge in [-0.2, -0.15) is 13.2 Å². The molecular weight excluding hydrogens is 263 g/mol. The van der Waals surface area contributed by atoms with E-state index in [4.69, 9.17) is 4.74 Å². The number of benzene rings is 1. The van der Waals surface area contributed by atoms with Gasteiger partial charge in [0.1, 0.15) is 0 Å². The van der Waals surface area contributed by atoms with Gasteiger partial charge in [0.05, 0.1) is 5.56 Å². The summed E-state index contributed by atoms with van der Waals surface area (Å²) in [6.45, 7) is 1.73. The first kappa shape index (κ1) is 13.1. The van der Waals surface area contributed by atoms with Crippen molar-refractivity contribution in [1.29, 1.82) is 0 Å². The zero-order valence-corrected chi connectivity index (χ0v) is 9.65. The molecule has 5 nitrogen and oxygen atoms in total. The number of alkyl halides is 3. The fourth-order valence-corrected chi connectivity index (χ4v) is 1.41. The fraction of sp³-hybridized carbons (Fsp3) is 0.182. The minimum absolute atomic E-state index is 0.0884. The summed E-state index contributed by atoms with van der Waals surface area (Å²) in [6, 6.07) is 4.00. The van der Waals surface area contributed by atoms with Crippen LogP contribution in [0.2, 0.25) is 0 Å². The molecule has 0 unspecified atom stereocenters. The standard InChI is InChI=1S/C11H8F3N3O2/c1-6-4-10(16-15-6)19-9-3-2-7(11(12,13)14)5-8(9)17-18/h2-5H,1H3,(H,15,16). The van der Waals surface area contributed by atoms with E-state index in [1.54, 1.807) is 6.92 Å². The SMILES string of the molecule is Cc1cc(Oc2ccc(C(F)(F)F)cc2N=O)n[nH]1. The first-order valence-electron chi connectivity index (χ1n) is 5.14. The van der Waals surface area contributed by atoms with Crippen molar-refractivity contribution in [2.75, 3.05) is 0 Å². The number of hydrogen-bond donors (Lipinski definition) is 1. The highest BCUT2D eigenvalue weighted by molar-refractivity contribution is 5.55. The van der Waals surface area contributed by atoms with Crippen molar-refractivity contribution in [1.82, 2.24) is 10.2 Å². The second-order valence-electron chi connectivity index (χ2n) is 3.76. The number of hydrogen-bond acceptors (Lipinski definition) is 4. The van der Waals surface area contributed by atoms with Crippen LogP contribution in [0.25, 0.3) is 0 Å². The van der Waals surface area contributed by atoms with E-state index in [2.05, 4.69) is 15.4 Å². The number of H-pyrrole nitrogens is 1. The molecule has 1 N–H and O–H groups in total. The number of nitroso groups, excluding NO2 is 1. The summed E-state index contributed by atoms with van der Waals surface area (Å²) in [5.41, 5.74) is -0.689. The first-order chi connectivity index (χ1) is 8.90. The van der Waals surface area contributed by atoms with Crippen LogP contribution in [0.15, 0.2) is 29.4 Å². The normalized spacial score (nSPS) is 11.4. The monoisotopic (exact) mass is 271 g/mol. The molecule has 0 fully saturated rings. The Balaban J connectivity index is 2.33. The van der Waals surface area contributed by atoms with Crippen molar-refractivity contribution in [3.8, 4) is 11.6 Å². The molecule has 0 aliphatic rings. The number of ether oxygens (including phenoxy) is 1. The van der Waals surface area contributed by atoms with Gasteiger partial charge in [-0.05, 0) is 30.3 Å². The summed E-state index contributed by atoms with van der Waals surface area (Å²) < 4.78 is 42.6. The predicted octanol–water partition coefficient (Wildman–Crippen LogP) is 3.93. The Kier molecular flexibility index (Phi) is 3.24. The molecule has 1 aromatic heterocycles. The van der Waals surface area contributed by atoms with Crippen molar-refractivity contribution in [2.45, 2.75) is 13.1 Å². The van der Waals surface area contributed by atoms with E-state index < -0.39 is 17.4 Å². The van der Waals surface area contributed by atoms with Gasteiger partial charge in [0.2, 0.25) is 5.88 Å². The lowest BCUT2D eigenvalue weighted by molar-refractivity contribution is -0.137. The average molecular weight is 271 g/mol. The van der Waals surface area contributed by atoms with Crippen LogP contribution in [0.3, 0.4) is 0 Å². The van der Waals surface area contributed by atoms with Crippen LogP contribution in [-0.4, -0.2) is 10.2 Å². The fourth-order valence-electron chi connectivity index (χ4n) is 1.41. The van der Waals surface area contributed by atoms with E-state index in [0.29, 0.717) is 11.8 Å². The van der Waals surface area contributed by atoms with E-state index in [-0.39, 0.29) is 11.6 Å². The summed E-state index contributed by atoms with van der Waals surface area (Å²) >= 11 is 0. The molecule has 1 aromatic carbocycles. The maximum atomic E-state index is 12.5. The van der Waals surface area contributed by atoms with Crippen LogP contribution in [0.5, 0.6) is 11.6 Å². The van der Waals surface area contributed by atoms with Crippen molar-refractivity contribution < 1.29 is 17.9 Å². The molecule has 2 rings (SSSR count). The first-order valence-corrected chi connectivity index (χ1v) is 5.14. The highest BCUT2D eigenvalue weighted by Crippen LogP contribution is 2.37. The van der Waals surface area contributed by atoms with Gasteiger partial charge in [0, 0.05) is 11.8 Å². The van der Waals surface area contributed by atoms with Gasteiger partial charge in [-0.25, -0.2) is 0 Å². The van der Waals surface area contributed by atoms with E-state index in [0.717, 1.165) is 12.1 Å². The largest absolute Gasteiger partial charge is 0.435 e. The van der Waals surface area contributed by atoms with Crippen molar-refractivity contribution in [3.05, 3.63) is 40.4 Å². The number of nitrogens with one attached hydrogen (secondary N) is 1. The Hall–Kier alpha value is -2.38. The molecule has 0 radical (unpaired) electrons.